The van der Waals surface area contributed by atoms with Crippen LogP contribution in [0.25, 0.3) is 6.08 Å². The van der Waals surface area contributed by atoms with E-state index in [-0.39, 0.29) is 11.5 Å². The van der Waals surface area contributed by atoms with Gasteiger partial charge in [0.1, 0.15) is 11.5 Å². The van der Waals surface area contributed by atoms with Crippen LogP contribution in [0.1, 0.15) is 29.8 Å². The summed E-state index contributed by atoms with van der Waals surface area (Å²) < 4.78 is 16.0. The summed E-state index contributed by atoms with van der Waals surface area (Å²) in [5.41, 5.74) is 1.12. The minimum Gasteiger partial charge on any atom is -0.504 e. The third kappa shape index (κ3) is 4.76. The van der Waals surface area contributed by atoms with Gasteiger partial charge in [-0.15, -0.1) is 0 Å². The highest BCUT2D eigenvalue weighted by atomic mass is 16.5. The molecule has 0 fully saturated rings. The number of aromatic hydroxyl groups is 1. The molecule has 0 saturated carbocycles. The van der Waals surface area contributed by atoms with Gasteiger partial charge >= 0.3 is 0 Å². The van der Waals surface area contributed by atoms with Gasteiger partial charge in [0.05, 0.1) is 25.9 Å². The van der Waals surface area contributed by atoms with Crippen molar-refractivity contribution in [3.05, 3.63) is 53.6 Å². The quantitative estimate of drug-likeness (QED) is 0.578. The molecule has 0 radical (unpaired) electrons. The lowest BCUT2D eigenvalue weighted by molar-refractivity contribution is 0.104. The van der Waals surface area contributed by atoms with E-state index in [4.69, 9.17) is 14.2 Å². The molecule has 0 saturated heterocycles. The van der Waals surface area contributed by atoms with Crippen molar-refractivity contribution in [2.24, 2.45) is 0 Å². The first-order valence-electron chi connectivity index (χ1n) is 8.08. The SMILES string of the molecule is CCOc1ccc(OCC)c(C(=O)/C=C/c2ccc(OC)c(O)c2)c1. The molecule has 2 aromatic rings. The lowest BCUT2D eigenvalue weighted by atomic mass is 10.1. The maximum atomic E-state index is 12.6. The Bertz CT molecular complexity index is 765. The number of methoxy groups -OCH3 is 1. The Labute approximate surface area is 147 Å². The normalized spacial score (nSPS) is 10.7. The molecule has 132 valence electrons. The van der Waals surface area contributed by atoms with E-state index in [2.05, 4.69) is 0 Å². The van der Waals surface area contributed by atoms with Crippen molar-refractivity contribution in [1.82, 2.24) is 0 Å². The van der Waals surface area contributed by atoms with Crippen LogP contribution < -0.4 is 14.2 Å². The van der Waals surface area contributed by atoms with Crippen LogP contribution in [0.3, 0.4) is 0 Å². The van der Waals surface area contributed by atoms with Gasteiger partial charge in [-0.25, -0.2) is 0 Å². The number of hydrogen-bond donors (Lipinski definition) is 1. The van der Waals surface area contributed by atoms with Gasteiger partial charge in [-0.2, -0.15) is 0 Å². The molecule has 0 unspecified atom stereocenters. The second kappa shape index (κ2) is 8.78. The lowest BCUT2D eigenvalue weighted by Gasteiger charge is -2.10. The van der Waals surface area contributed by atoms with E-state index in [1.54, 1.807) is 36.4 Å². The maximum Gasteiger partial charge on any atom is 0.189 e. The van der Waals surface area contributed by atoms with E-state index < -0.39 is 0 Å². The number of carbonyl (C=O) groups is 1. The Balaban J connectivity index is 2.26. The second-order valence-electron chi connectivity index (χ2n) is 5.15. The monoisotopic (exact) mass is 342 g/mol. The first-order chi connectivity index (χ1) is 12.1. The van der Waals surface area contributed by atoms with Crippen LogP contribution in [0.4, 0.5) is 0 Å². The molecular formula is C20H22O5. The van der Waals surface area contributed by atoms with Crippen LogP contribution in [-0.4, -0.2) is 31.2 Å². The van der Waals surface area contributed by atoms with Crippen molar-refractivity contribution < 1.29 is 24.1 Å². The number of phenolic OH excluding ortho intramolecular Hbond substituents is 1. The van der Waals surface area contributed by atoms with Crippen LogP contribution in [0.2, 0.25) is 0 Å². The first-order valence-corrected chi connectivity index (χ1v) is 8.08. The van der Waals surface area contributed by atoms with Crippen LogP contribution >= 0.6 is 0 Å². The van der Waals surface area contributed by atoms with Crippen LogP contribution in [-0.2, 0) is 0 Å². The Hall–Kier alpha value is -2.95. The smallest absolute Gasteiger partial charge is 0.189 e. The summed E-state index contributed by atoms with van der Waals surface area (Å²) in [7, 11) is 1.48. The van der Waals surface area contributed by atoms with Crippen molar-refractivity contribution in [3.63, 3.8) is 0 Å². The standard InChI is InChI=1S/C20H22O5/c1-4-24-15-8-11-19(25-5-2)16(13-15)17(21)9-6-14-7-10-20(23-3)18(22)12-14/h6-13,22H,4-5H2,1-3H3/b9-6+. The van der Waals surface area contributed by atoms with Gasteiger partial charge in [-0.1, -0.05) is 12.1 Å². The summed E-state index contributed by atoms with van der Waals surface area (Å²) in [4.78, 5) is 12.6. The Morgan fingerprint density at radius 3 is 2.40 bits per heavy atom. The Morgan fingerprint density at radius 2 is 1.76 bits per heavy atom. The highest BCUT2D eigenvalue weighted by Crippen LogP contribution is 2.28. The van der Waals surface area contributed by atoms with Crippen molar-refractivity contribution in [3.8, 4) is 23.0 Å². The zero-order valence-electron chi connectivity index (χ0n) is 14.6. The maximum absolute atomic E-state index is 12.6. The number of hydrogen-bond acceptors (Lipinski definition) is 5. The summed E-state index contributed by atoms with van der Waals surface area (Å²) in [6.07, 6.45) is 3.07. The van der Waals surface area contributed by atoms with Gasteiger partial charge in [-0.3, -0.25) is 4.79 Å². The third-order valence-electron chi connectivity index (χ3n) is 3.46. The lowest BCUT2D eigenvalue weighted by Crippen LogP contribution is -2.03. The molecule has 0 amide bonds. The van der Waals surface area contributed by atoms with Crippen LogP contribution in [0.15, 0.2) is 42.5 Å². The molecule has 0 aromatic heterocycles. The molecule has 1 N–H and O–H groups in total. The summed E-state index contributed by atoms with van der Waals surface area (Å²) in [6.45, 7) is 4.72. The summed E-state index contributed by atoms with van der Waals surface area (Å²) in [5, 5.41) is 9.80. The van der Waals surface area contributed by atoms with Crippen molar-refractivity contribution in [2.45, 2.75) is 13.8 Å². The van der Waals surface area contributed by atoms with E-state index >= 15 is 0 Å². The van der Waals surface area contributed by atoms with Crippen molar-refractivity contribution in [1.29, 1.82) is 0 Å². The minimum atomic E-state index is -0.208. The average molecular weight is 342 g/mol. The molecule has 0 atom stereocenters. The zero-order valence-corrected chi connectivity index (χ0v) is 14.6. The fraction of sp³-hybridized carbons (Fsp3) is 0.250. The van der Waals surface area contributed by atoms with Gasteiger partial charge in [0, 0.05) is 0 Å². The molecule has 5 nitrogen and oxygen atoms in total. The second-order valence-corrected chi connectivity index (χ2v) is 5.15. The Morgan fingerprint density at radius 1 is 1.04 bits per heavy atom. The summed E-state index contributed by atoms with van der Waals surface area (Å²) in [6, 6.07) is 10.1. The van der Waals surface area contributed by atoms with Gasteiger partial charge in [-0.05, 0) is 55.8 Å². The number of ketones is 1. The highest BCUT2D eigenvalue weighted by Gasteiger charge is 2.12. The van der Waals surface area contributed by atoms with Crippen molar-refractivity contribution >= 4 is 11.9 Å². The fourth-order valence-corrected chi connectivity index (χ4v) is 2.31. The van der Waals surface area contributed by atoms with Gasteiger partial charge in [0.15, 0.2) is 17.3 Å². The third-order valence-corrected chi connectivity index (χ3v) is 3.46. The number of rotatable bonds is 8. The van der Waals surface area contributed by atoms with E-state index in [0.717, 1.165) is 0 Å². The van der Waals surface area contributed by atoms with E-state index in [0.29, 0.717) is 41.6 Å². The molecule has 5 heteroatoms. The van der Waals surface area contributed by atoms with Gasteiger partial charge in [0.2, 0.25) is 0 Å². The topological polar surface area (TPSA) is 65.0 Å². The molecule has 2 aromatic carbocycles. The number of allylic oxidation sites excluding steroid dienone is 1. The fourth-order valence-electron chi connectivity index (χ4n) is 2.31. The molecule has 0 aliphatic heterocycles. The van der Waals surface area contributed by atoms with Crippen molar-refractivity contribution in [2.75, 3.05) is 20.3 Å². The molecule has 0 bridgehead atoms. The Kier molecular flexibility index (Phi) is 6.46. The predicted octanol–water partition coefficient (Wildman–Crippen LogP) is 4.09. The predicted molar refractivity (Wildman–Crippen MR) is 96.8 cm³/mol. The van der Waals surface area contributed by atoms with E-state index in [1.807, 2.05) is 13.8 Å². The zero-order chi connectivity index (χ0) is 18.2. The van der Waals surface area contributed by atoms with E-state index in [1.165, 1.54) is 19.3 Å². The number of carbonyl (C=O) groups excluding carboxylic acids is 1. The largest absolute Gasteiger partial charge is 0.504 e. The van der Waals surface area contributed by atoms with Gasteiger partial charge < -0.3 is 19.3 Å². The first kappa shape index (κ1) is 18.4. The molecule has 0 heterocycles. The van der Waals surface area contributed by atoms with Gasteiger partial charge in [0.25, 0.3) is 0 Å². The number of ether oxygens (including phenoxy) is 3. The molecular weight excluding hydrogens is 320 g/mol. The minimum absolute atomic E-state index is 0.0189. The molecule has 25 heavy (non-hydrogen) atoms. The molecule has 0 spiro atoms. The summed E-state index contributed by atoms with van der Waals surface area (Å²) in [5.74, 6) is 1.32. The highest BCUT2D eigenvalue weighted by molar-refractivity contribution is 6.08. The molecule has 0 aliphatic carbocycles. The van der Waals surface area contributed by atoms with Crippen LogP contribution in [0.5, 0.6) is 23.0 Å². The molecule has 2 rings (SSSR count). The number of phenols is 1. The number of benzene rings is 2. The summed E-state index contributed by atoms with van der Waals surface area (Å²) >= 11 is 0. The average Bonchev–Trinajstić information content (AvgIpc) is 2.61. The molecule has 0 aliphatic rings. The van der Waals surface area contributed by atoms with Crippen LogP contribution in [0, 0.1) is 0 Å². The van der Waals surface area contributed by atoms with E-state index in [9.17, 15) is 9.90 Å².